The van der Waals surface area contributed by atoms with Gasteiger partial charge in [0, 0.05) is 17.1 Å². The Morgan fingerprint density at radius 1 is 1.22 bits per heavy atom. The Kier molecular flexibility index (Phi) is 6.90. The number of nitrogens with zero attached hydrogens (tertiary/aromatic N) is 1. The number of aliphatic hydroxyl groups excluding tert-OH is 1. The second kappa shape index (κ2) is 7.93. The fourth-order valence-corrected chi connectivity index (χ4v) is 2.65. The van der Waals surface area contributed by atoms with E-state index in [0.717, 1.165) is 36.0 Å². The maximum absolute atomic E-state index is 10.2. The van der Waals surface area contributed by atoms with Crippen molar-refractivity contribution in [2.24, 2.45) is 0 Å². The molecule has 1 unspecified atom stereocenters. The van der Waals surface area contributed by atoms with Crippen LogP contribution in [-0.4, -0.2) is 29.1 Å². The normalized spacial score (nSPS) is 13.3. The highest BCUT2D eigenvalue weighted by Gasteiger charge is 2.14. The number of rotatable bonds is 7. The Morgan fingerprint density at radius 2 is 1.89 bits per heavy atom. The van der Waals surface area contributed by atoms with E-state index in [4.69, 9.17) is 0 Å². The molecular weight excluding hydrogens is 290 g/mol. The summed E-state index contributed by atoms with van der Waals surface area (Å²) in [7, 11) is 0. The van der Waals surface area contributed by atoms with Crippen LogP contribution in [0.5, 0.6) is 0 Å². The topological polar surface area (TPSA) is 23.5 Å². The number of benzene rings is 1. The lowest BCUT2D eigenvalue weighted by molar-refractivity contribution is 0.130. The van der Waals surface area contributed by atoms with Crippen molar-refractivity contribution in [3.8, 4) is 0 Å². The summed E-state index contributed by atoms with van der Waals surface area (Å²) in [6.07, 6.45) is 1.54. The molecule has 0 amide bonds. The molecule has 0 aromatic heterocycles. The fraction of sp³-hybridized carbons (Fsp3) is 0.600. The Bertz CT molecular complexity index is 354. The molecule has 2 nitrogen and oxygen atoms in total. The number of hydrogen-bond donors (Lipinski definition) is 1. The molecule has 102 valence electrons. The zero-order valence-electron chi connectivity index (χ0n) is 11.6. The molecule has 1 N–H and O–H groups in total. The van der Waals surface area contributed by atoms with Gasteiger partial charge in [-0.05, 0) is 44.9 Å². The van der Waals surface area contributed by atoms with Gasteiger partial charge in [-0.15, -0.1) is 0 Å². The molecule has 0 heterocycles. The molecule has 0 saturated heterocycles. The summed E-state index contributed by atoms with van der Waals surface area (Å²) in [5.74, 6) is 0. The lowest BCUT2D eigenvalue weighted by atomic mass is 10.1. The summed E-state index contributed by atoms with van der Waals surface area (Å²) in [5.41, 5.74) is 0.984. The Labute approximate surface area is 119 Å². The zero-order valence-corrected chi connectivity index (χ0v) is 13.2. The molecule has 0 bridgehead atoms. The number of aliphatic hydroxyl groups is 1. The van der Waals surface area contributed by atoms with E-state index < -0.39 is 6.10 Å². The van der Waals surface area contributed by atoms with Gasteiger partial charge < -0.3 is 10.0 Å². The van der Waals surface area contributed by atoms with Crippen LogP contribution in [0.4, 0.5) is 0 Å². The van der Waals surface area contributed by atoms with Gasteiger partial charge in [-0.2, -0.15) is 0 Å². The van der Waals surface area contributed by atoms with Crippen LogP contribution < -0.4 is 0 Å². The van der Waals surface area contributed by atoms with E-state index >= 15 is 0 Å². The Hall–Kier alpha value is -0.380. The molecule has 0 aliphatic carbocycles. The van der Waals surface area contributed by atoms with E-state index in [0.29, 0.717) is 6.04 Å². The van der Waals surface area contributed by atoms with Crippen LogP contribution in [0, 0.1) is 0 Å². The van der Waals surface area contributed by atoms with Crippen molar-refractivity contribution in [1.29, 1.82) is 0 Å². The Morgan fingerprint density at radius 3 is 2.44 bits per heavy atom. The molecule has 0 aliphatic rings. The third kappa shape index (κ3) is 4.71. The van der Waals surface area contributed by atoms with Gasteiger partial charge in [0.25, 0.3) is 0 Å². The van der Waals surface area contributed by atoms with Gasteiger partial charge in [0.15, 0.2) is 0 Å². The minimum Gasteiger partial charge on any atom is -0.388 e. The smallest absolute Gasteiger partial charge is 0.0813 e. The van der Waals surface area contributed by atoms with Crippen LogP contribution in [0.15, 0.2) is 28.7 Å². The Balaban J connectivity index is 2.54. The molecular formula is C15H24BrNO. The first-order valence-electron chi connectivity index (χ1n) is 6.72. The van der Waals surface area contributed by atoms with Gasteiger partial charge in [-0.25, -0.2) is 0 Å². The molecule has 0 fully saturated rings. The van der Waals surface area contributed by atoms with Crippen molar-refractivity contribution in [1.82, 2.24) is 4.90 Å². The molecule has 1 aromatic rings. The summed E-state index contributed by atoms with van der Waals surface area (Å²) in [6.45, 7) is 8.65. The first-order valence-corrected chi connectivity index (χ1v) is 7.52. The van der Waals surface area contributed by atoms with Gasteiger partial charge >= 0.3 is 0 Å². The minimum atomic E-state index is -0.390. The SMILES string of the molecule is CCCN(CCC(O)c1ccccc1Br)C(C)C. The molecule has 0 saturated carbocycles. The predicted octanol–water partition coefficient (Wildman–Crippen LogP) is 3.99. The first-order chi connectivity index (χ1) is 8.56. The van der Waals surface area contributed by atoms with E-state index in [-0.39, 0.29) is 0 Å². The zero-order chi connectivity index (χ0) is 13.5. The average molecular weight is 314 g/mol. The third-order valence-electron chi connectivity index (χ3n) is 3.20. The molecule has 0 spiro atoms. The second-order valence-electron chi connectivity index (χ2n) is 4.96. The van der Waals surface area contributed by atoms with Gasteiger partial charge in [0.1, 0.15) is 0 Å². The van der Waals surface area contributed by atoms with Gasteiger partial charge in [0.05, 0.1) is 6.10 Å². The first kappa shape index (κ1) is 15.7. The van der Waals surface area contributed by atoms with E-state index in [1.165, 1.54) is 0 Å². The highest BCUT2D eigenvalue weighted by Crippen LogP contribution is 2.25. The standard InChI is InChI=1S/C15H24BrNO/c1-4-10-17(12(2)3)11-9-15(18)13-7-5-6-8-14(13)16/h5-8,12,15,18H,4,9-11H2,1-3H3. The van der Waals surface area contributed by atoms with Crippen molar-refractivity contribution in [3.05, 3.63) is 34.3 Å². The number of halogens is 1. The highest BCUT2D eigenvalue weighted by molar-refractivity contribution is 9.10. The minimum absolute atomic E-state index is 0.390. The maximum Gasteiger partial charge on any atom is 0.0813 e. The van der Waals surface area contributed by atoms with Gasteiger partial charge in [-0.3, -0.25) is 0 Å². The quantitative estimate of drug-likeness (QED) is 0.822. The lowest BCUT2D eigenvalue weighted by Crippen LogP contribution is -2.33. The van der Waals surface area contributed by atoms with Crippen LogP contribution in [0.25, 0.3) is 0 Å². The van der Waals surface area contributed by atoms with E-state index in [9.17, 15) is 5.11 Å². The van der Waals surface area contributed by atoms with Gasteiger partial charge in [0.2, 0.25) is 0 Å². The van der Waals surface area contributed by atoms with Crippen LogP contribution in [0.2, 0.25) is 0 Å². The largest absolute Gasteiger partial charge is 0.388 e. The summed E-state index contributed by atoms with van der Waals surface area (Å²) in [5, 5.41) is 10.2. The summed E-state index contributed by atoms with van der Waals surface area (Å²) in [4.78, 5) is 2.42. The highest BCUT2D eigenvalue weighted by atomic mass is 79.9. The lowest BCUT2D eigenvalue weighted by Gasteiger charge is -2.27. The van der Waals surface area contributed by atoms with Crippen LogP contribution in [-0.2, 0) is 0 Å². The van der Waals surface area contributed by atoms with E-state index in [1.807, 2.05) is 24.3 Å². The third-order valence-corrected chi connectivity index (χ3v) is 3.92. The maximum atomic E-state index is 10.2. The fourth-order valence-electron chi connectivity index (χ4n) is 2.10. The van der Waals surface area contributed by atoms with Crippen molar-refractivity contribution < 1.29 is 5.11 Å². The molecule has 1 rings (SSSR count). The van der Waals surface area contributed by atoms with Crippen molar-refractivity contribution in [2.75, 3.05) is 13.1 Å². The van der Waals surface area contributed by atoms with Gasteiger partial charge in [-0.1, -0.05) is 41.1 Å². The van der Waals surface area contributed by atoms with Crippen LogP contribution in [0.1, 0.15) is 45.3 Å². The van der Waals surface area contributed by atoms with Crippen LogP contribution >= 0.6 is 15.9 Å². The molecule has 3 heteroatoms. The second-order valence-corrected chi connectivity index (χ2v) is 5.81. The molecule has 18 heavy (non-hydrogen) atoms. The summed E-state index contributed by atoms with van der Waals surface area (Å²) in [6, 6.07) is 8.43. The molecule has 0 radical (unpaired) electrons. The number of hydrogen-bond acceptors (Lipinski definition) is 2. The molecule has 1 aromatic carbocycles. The molecule has 0 aliphatic heterocycles. The van der Waals surface area contributed by atoms with Crippen molar-refractivity contribution >= 4 is 15.9 Å². The monoisotopic (exact) mass is 313 g/mol. The van der Waals surface area contributed by atoms with Crippen molar-refractivity contribution in [2.45, 2.75) is 45.8 Å². The van der Waals surface area contributed by atoms with E-state index in [1.54, 1.807) is 0 Å². The summed E-state index contributed by atoms with van der Waals surface area (Å²) >= 11 is 3.49. The molecule has 1 atom stereocenters. The summed E-state index contributed by atoms with van der Waals surface area (Å²) < 4.78 is 0.990. The van der Waals surface area contributed by atoms with Crippen LogP contribution in [0.3, 0.4) is 0 Å². The van der Waals surface area contributed by atoms with E-state index in [2.05, 4.69) is 41.6 Å². The van der Waals surface area contributed by atoms with Crippen molar-refractivity contribution in [3.63, 3.8) is 0 Å². The average Bonchev–Trinajstić information content (AvgIpc) is 2.34. The predicted molar refractivity (Wildman–Crippen MR) is 80.7 cm³/mol.